The molecule has 0 aliphatic carbocycles. The second-order valence-electron chi connectivity index (χ2n) is 4.69. The smallest absolute Gasteiger partial charge is 0.341 e. The Morgan fingerprint density at radius 1 is 1.23 bits per heavy atom. The zero-order valence-electron chi connectivity index (χ0n) is 11.8. The Labute approximate surface area is 135 Å². The summed E-state index contributed by atoms with van der Waals surface area (Å²) in [6.45, 7) is 0.341. The summed E-state index contributed by atoms with van der Waals surface area (Å²) in [5.74, 6) is 0.0832. The Hall–Kier alpha value is -2.27. The van der Waals surface area contributed by atoms with Gasteiger partial charge < -0.3 is 13.9 Å². The van der Waals surface area contributed by atoms with Crippen molar-refractivity contribution in [2.24, 2.45) is 0 Å². The average molecular weight is 361 g/mol. The summed E-state index contributed by atoms with van der Waals surface area (Å²) in [5.41, 5.74) is 2.19. The van der Waals surface area contributed by atoms with Crippen molar-refractivity contribution in [2.45, 2.75) is 6.61 Å². The maximum absolute atomic E-state index is 11.7. The van der Waals surface area contributed by atoms with Crippen LogP contribution in [0.5, 0.6) is 5.75 Å². The number of fused-ring (bicyclic) bond motifs is 1. The fourth-order valence-electron chi connectivity index (χ4n) is 2.21. The van der Waals surface area contributed by atoms with E-state index in [0.717, 1.165) is 21.0 Å². The Balaban J connectivity index is 1.84. The molecule has 0 unspecified atom stereocenters. The third-order valence-electron chi connectivity index (χ3n) is 3.25. The molecular weight excluding hydrogens is 348 g/mol. The first-order valence-electron chi connectivity index (χ1n) is 6.65. The SMILES string of the molecule is COC(=O)c1ccccc1OCc1cc(Br)c2occc2c1. The summed E-state index contributed by atoms with van der Waals surface area (Å²) >= 11 is 3.48. The lowest BCUT2D eigenvalue weighted by atomic mass is 10.1. The van der Waals surface area contributed by atoms with Gasteiger partial charge in [0.2, 0.25) is 0 Å². The molecule has 4 nitrogen and oxygen atoms in total. The van der Waals surface area contributed by atoms with E-state index in [9.17, 15) is 4.79 Å². The van der Waals surface area contributed by atoms with Gasteiger partial charge in [0.25, 0.3) is 0 Å². The number of halogens is 1. The molecule has 0 atom stereocenters. The minimum atomic E-state index is -0.415. The Kier molecular flexibility index (Phi) is 4.15. The fourth-order valence-corrected chi connectivity index (χ4v) is 2.83. The highest BCUT2D eigenvalue weighted by atomic mass is 79.9. The van der Waals surface area contributed by atoms with Crippen LogP contribution < -0.4 is 4.74 Å². The molecule has 0 amide bonds. The lowest BCUT2D eigenvalue weighted by Crippen LogP contribution is -2.05. The lowest BCUT2D eigenvalue weighted by Gasteiger charge is -2.10. The van der Waals surface area contributed by atoms with Crippen LogP contribution >= 0.6 is 15.9 Å². The number of carbonyl (C=O) groups is 1. The Bertz CT molecular complexity index is 822. The first kappa shape index (κ1) is 14.7. The molecule has 0 aliphatic rings. The maximum atomic E-state index is 11.7. The number of rotatable bonds is 4. The van der Waals surface area contributed by atoms with E-state index < -0.39 is 5.97 Å². The molecule has 0 aliphatic heterocycles. The maximum Gasteiger partial charge on any atom is 0.341 e. The van der Waals surface area contributed by atoms with Gasteiger partial charge in [-0.1, -0.05) is 12.1 Å². The predicted molar refractivity (Wildman–Crippen MR) is 86.0 cm³/mol. The van der Waals surface area contributed by atoms with E-state index in [4.69, 9.17) is 13.9 Å². The van der Waals surface area contributed by atoms with Gasteiger partial charge in [-0.3, -0.25) is 0 Å². The molecule has 0 radical (unpaired) electrons. The molecule has 0 saturated heterocycles. The van der Waals surface area contributed by atoms with Crippen LogP contribution in [-0.2, 0) is 11.3 Å². The van der Waals surface area contributed by atoms with Gasteiger partial charge in [-0.25, -0.2) is 4.79 Å². The van der Waals surface area contributed by atoms with Gasteiger partial charge in [0.1, 0.15) is 23.5 Å². The number of hydrogen-bond acceptors (Lipinski definition) is 4. The highest BCUT2D eigenvalue weighted by Crippen LogP contribution is 2.28. The van der Waals surface area contributed by atoms with Crippen molar-refractivity contribution in [3.63, 3.8) is 0 Å². The van der Waals surface area contributed by atoms with Crippen molar-refractivity contribution in [3.8, 4) is 5.75 Å². The number of para-hydroxylation sites is 1. The largest absolute Gasteiger partial charge is 0.488 e. The summed E-state index contributed by atoms with van der Waals surface area (Å²) in [5, 5.41) is 0.995. The second-order valence-corrected chi connectivity index (χ2v) is 5.55. The standard InChI is InChI=1S/C17H13BrO4/c1-20-17(19)13-4-2-3-5-15(13)22-10-11-8-12-6-7-21-16(12)14(18)9-11/h2-9H,10H2,1H3. The molecule has 0 N–H and O–H groups in total. The summed E-state index contributed by atoms with van der Waals surface area (Å²) in [7, 11) is 1.35. The van der Waals surface area contributed by atoms with Crippen molar-refractivity contribution in [1.82, 2.24) is 0 Å². The van der Waals surface area contributed by atoms with E-state index in [1.807, 2.05) is 24.3 Å². The molecular formula is C17H13BrO4. The van der Waals surface area contributed by atoms with Gasteiger partial charge in [0.05, 0.1) is 17.8 Å². The molecule has 0 fully saturated rings. The third kappa shape index (κ3) is 2.85. The van der Waals surface area contributed by atoms with Crippen LogP contribution in [0.15, 0.2) is 57.6 Å². The van der Waals surface area contributed by atoms with Crippen molar-refractivity contribution >= 4 is 32.9 Å². The van der Waals surface area contributed by atoms with Gasteiger partial charge in [-0.05, 0) is 51.8 Å². The van der Waals surface area contributed by atoms with Gasteiger partial charge in [0.15, 0.2) is 0 Å². The van der Waals surface area contributed by atoms with E-state index in [0.29, 0.717) is 17.9 Å². The van der Waals surface area contributed by atoms with Gasteiger partial charge >= 0.3 is 5.97 Å². The number of benzene rings is 2. The van der Waals surface area contributed by atoms with Crippen molar-refractivity contribution in [3.05, 3.63) is 64.3 Å². The number of methoxy groups -OCH3 is 1. The van der Waals surface area contributed by atoms with E-state index in [-0.39, 0.29) is 0 Å². The number of esters is 1. The highest BCUT2D eigenvalue weighted by Gasteiger charge is 2.12. The van der Waals surface area contributed by atoms with E-state index in [2.05, 4.69) is 15.9 Å². The van der Waals surface area contributed by atoms with Crippen LogP contribution in [0.4, 0.5) is 0 Å². The van der Waals surface area contributed by atoms with Gasteiger partial charge in [0, 0.05) is 5.39 Å². The normalized spacial score (nSPS) is 10.6. The first-order valence-corrected chi connectivity index (χ1v) is 7.44. The van der Waals surface area contributed by atoms with Crippen LogP contribution in [0.2, 0.25) is 0 Å². The molecule has 2 aromatic carbocycles. The minimum absolute atomic E-state index is 0.341. The van der Waals surface area contributed by atoms with Crippen LogP contribution in [0.25, 0.3) is 11.0 Å². The number of hydrogen-bond donors (Lipinski definition) is 0. The Morgan fingerprint density at radius 3 is 2.86 bits per heavy atom. The fraction of sp³-hybridized carbons (Fsp3) is 0.118. The topological polar surface area (TPSA) is 48.7 Å². The first-order chi connectivity index (χ1) is 10.7. The number of furan rings is 1. The molecule has 0 spiro atoms. The van der Waals surface area contributed by atoms with Crippen LogP contribution in [-0.4, -0.2) is 13.1 Å². The summed E-state index contributed by atoms with van der Waals surface area (Å²) in [6.07, 6.45) is 1.65. The third-order valence-corrected chi connectivity index (χ3v) is 3.84. The van der Waals surface area contributed by atoms with Crippen LogP contribution in [0, 0.1) is 0 Å². The van der Waals surface area contributed by atoms with E-state index in [1.165, 1.54) is 7.11 Å². The monoisotopic (exact) mass is 360 g/mol. The highest BCUT2D eigenvalue weighted by molar-refractivity contribution is 9.10. The molecule has 0 saturated carbocycles. The van der Waals surface area contributed by atoms with Gasteiger partial charge in [-0.2, -0.15) is 0 Å². The quantitative estimate of drug-likeness (QED) is 0.639. The molecule has 5 heteroatoms. The molecule has 1 heterocycles. The van der Waals surface area contributed by atoms with Crippen LogP contribution in [0.3, 0.4) is 0 Å². The molecule has 3 aromatic rings. The lowest BCUT2D eigenvalue weighted by molar-refractivity contribution is 0.0595. The molecule has 0 bridgehead atoms. The second kappa shape index (κ2) is 6.23. The Morgan fingerprint density at radius 2 is 2.05 bits per heavy atom. The molecule has 22 heavy (non-hydrogen) atoms. The number of carbonyl (C=O) groups excluding carboxylic acids is 1. The van der Waals surface area contributed by atoms with Crippen molar-refractivity contribution < 1.29 is 18.7 Å². The van der Waals surface area contributed by atoms with Crippen molar-refractivity contribution in [1.29, 1.82) is 0 Å². The number of ether oxygens (including phenoxy) is 2. The zero-order chi connectivity index (χ0) is 15.5. The average Bonchev–Trinajstić information content (AvgIpc) is 3.01. The van der Waals surface area contributed by atoms with Gasteiger partial charge in [-0.15, -0.1) is 0 Å². The molecule has 112 valence electrons. The van der Waals surface area contributed by atoms with Crippen LogP contribution in [0.1, 0.15) is 15.9 Å². The molecule has 1 aromatic heterocycles. The van der Waals surface area contributed by atoms with Crippen molar-refractivity contribution in [2.75, 3.05) is 7.11 Å². The summed E-state index contributed by atoms with van der Waals surface area (Å²) in [4.78, 5) is 11.7. The molecule has 3 rings (SSSR count). The van der Waals surface area contributed by atoms with E-state index >= 15 is 0 Å². The minimum Gasteiger partial charge on any atom is -0.488 e. The summed E-state index contributed by atoms with van der Waals surface area (Å²) < 4.78 is 16.8. The van der Waals surface area contributed by atoms with E-state index in [1.54, 1.807) is 24.5 Å². The summed E-state index contributed by atoms with van der Waals surface area (Å²) in [6, 6.07) is 12.8. The zero-order valence-corrected chi connectivity index (χ0v) is 13.4. The predicted octanol–water partition coefficient (Wildman–Crippen LogP) is 4.56.